The van der Waals surface area contributed by atoms with Crippen LogP contribution in [0.15, 0.2) is 146 Å². The van der Waals surface area contributed by atoms with Crippen LogP contribution in [0, 0.1) is 0 Å². The number of aromatic carboxylic acids is 4. The van der Waals surface area contributed by atoms with E-state index in [4.69, 9.17) is 0 Å². The first-order valence-electron chi connectivity index (χ1n) is 20.6. The average Bonchev–Trinajstić information content (AvgIpc) is 4.16. The molecule has 12 heteroatoms. The van der Waals surface area contributed by atoms with Crippen LogP contribution in [0.1, 0.15) is 137 Å². The van der Waals surface area contributed by atoms with Crippen molar-refractivity contribution in [2.45, 2.75) is 49.4 Å². The van der Waals surface area contributed by atoms with E-state index in [1.807, 2.05) is 97.1 Å². The quantitative estimate of drug-likeness (QED) is 0.0736. The van der Waals surface area contributed by atoms with Crippen LogP contribution in [0.2, 0.25) is 0 Å². The molecule has 0 aliphatic carbocycles. The molecule has 0 saturated heterocycles. The molecule has 0 fully saturated rings. The second kappa shape index (κ2) is 14.8. The maximum Gasteiger partial charge on any atom is 0.335 e. The highest BCUT2D eigenvalue weighted by Crippen LogP contribution is 2.48. The van der Waals surface area contributed by atoms with Gasteiger partial charge in [-0.1, -0.05) is 48.5 Å². The number of carboxylic acids is 4. The Balaban J connectivity index is 1.36. The predicted octanol–water partition coefficient (Wildman–Crippen LogP) is 9.52. The maximum absolute atomic E-state index is 12.0. The van der Waals surface area contributed by atoms with E-state index in [0.29, 0.717) is 0 Å². The highest BCUT2D eigenvalue weighted by molar-refractivity contribution is 5.89. The van der Waals surface area contributed by atoms with Gasteiger partial charge in [0.05, 0.1) is 43.9 Å². The van der Waals surface area contributed by atoms with Crippen molar-refractivity contribution in [2.75, 3.05) is 0 Å². The van der Waals surface area contributed by atoms with Gasteiger partial charge >= 0.3 is 23.9 Å². The molecule has 1 aliphatic rings. The standard InChI is InChI=1S/C52H44N4O8/c1-49(33-13-5-29(6-14-33)45(57)58)37-21-23-39(53-37)50(2,34-15-7-30(8-16-34)46(59)60)41-25-27-43(55-41)52(4,36-19-11-32(12-20-36)48(63)64)44-28-26-42(56-44)51(3,40-24-22-38(49)54-40)35-17-9-31(10-18-35)47(61)62/h5-28,53-56H,1-4H3,(H,57,58)(H,59,60)(H,61,62)(H,63,64). The molecule has 0 amide bonds. The monoisotopic (exact) mass is 852 g/mol. The van der Waals surface area contributed by atoms with Crippen LogP contribution < -0.4 is 0 Å². The van der Waals surface area contributed by atoms with Crippen molar-refractivity contribution in [1.29, 1.82) is 0 Å². The molecule has 0 radical (unpaired) electrons. The SMILES string of the molecule is CC1(c2ccc(C(=O)O)cc2)c2ccc([nH]2)C(C)(c2ccc(C(=O)O)cc2)c2ccc([nH]2)C(C)(c2ccc(C(=O)O)cc2)c2ccc([nH]2)C(C)(c2ccc(C(=O)O)cc2)c2ccc1[nH]2. The van der Waals surface area contributed by atoms with E-state index in [1.54, 1.807) is 48.5 Å². The van der Waals surface area contributed by atoms with Gasteiger partial charge in [-0.25, -0.2) is 19.2 Å². The van der Waals surface area contributed by atoms with Crippen molar-refractivity contribution >= 4 is 23.9 Å². The Morgan fingerprint density at radius 3 is 0.547 bits per heavy atom. The molecule has 4 aromatic carbocycles. The fraction of sp³-hybridized carbons (Fsp3) is 0.154. The van der Waals surface area contributed by atoms with Gasteiger partial charge in [0, 0.05) is 45.6 Å². The number of rotatable bonds is 8. The third-order valence-corrected chi connectivity index (χ3v) is 13.9. The molecule has 8 aromatic rings. The lowest BCUT2D eigenvalue weighted by atomic mass is 9.75. The number of H-pyrrole nitrogens is 4. The summed E-state index contributed by atoms with van der Waals surface area (Å²) in [5.74, 6) is -4.18. The molecule has 8 N–H and O–H groups in total. The van der Waals surface area contributed by atoms with Crippen molar-refractivity contribution in [1.82, 2.24) is 19.9 Å². The van der Waals surface area contributed by atoms with E-state index in [0.717, 1.165) is 67.8 Å². The number of benzene rings is 4. The lowest BCUT2D eigenvalue weighted by Gasteiger charge is -2.34. The highest BCUT2D eigenvalue weighted by atomic mass is 16.4. The van der Waals surface area contributed by atoms with E-state index in [9.17, 15) is 39.6 Å². The largest absolute Gasteiger partial charge is 0.478 e. The van der Waals surface area contributed by atoms with E-state index < -0.39 is 45.5 Å². The number of carbonyl (C=O) groups is 4. The molecule has 12 nitrogen and oxygen atoms in total. The van der Waals surface area contributed by atoms with Crippen LogP contribution in [-0.4, -0.2) is 64.2 Å². The number of fused-ring (bicyclic) bond motifs is 8. The molecule has 1 aliphatic heterocycles. The molecule has 320 valence electrons. The molecule has 0 spiro atoms. The molecule has 0 unspecified atom stereocenters. The summed E-state index contributed by atoms with van der Waals surface area (Å²) in [5, 5.41) is 39.3. The Labute approximate surface area is 367 Å². The molecular formula is C52H44N4O8. The molecule has 0 saturated carbocycles. The lowest BCUT2D eigenvalue weighted by Crippen LogP contribution is -2.32. The first kappa shape index (κ1) is 41.2. The zero-order valence-electron chi connectivity index (χ0n) is 35.3. The van der Waals surface area contributed by atoms with Crippen LogP contribution in [0.4, 0.5) is 0 Å². The summed E-state index contributed by atoms with van der Waals surface area (Å²) in [4.78, 5) is 63.3. The van der Waals surface area contributed by atoms with Gasteiger partial charge in [0.1, 0.15) is 0 Å². The molecule has 0 atom stereocenters. The summed E-state index contributed by atoms with van der Waals surface area (Å²) in [6.45, 7) is 8.26. The zero-order valence-corrected chi connectivity index (χ0v) is 35.3. The van der Waals surface area contributed by atoms with Gasteiger partial charge in [-0.15, -0.1) is 0 Å². The van der Waals surface area contributed by atoms with Crippen molar-refractivity contribution in [3.05, 3.63) is 236 Å². The molecule has 5 heterocycles. The smallest absolute Gasteiger partial charge is 0.335 e. The van der Waals surface area contributed by atoms with Gasteiger partial charge < -0.3 is 40.4 Å². The van der Waals surface area contributed by atoms with Gasteiger partial charge in [-0.05, 0) is 147 Å². The Hall–Kier alpha value is -8.12. The minimum atomic E-state index is -1.04. The average molecular weight is 853 g/mol. The van der Waals surface area contributed by atoms with Crippen molar-refractivity contribution in [3.63, 3.8) is 0 Å². The molecule has 8 bridgehead atoms. The van der Waals surface area contributed by atoms with Gasteiger partial charge in [-0.3, -0.25) is 0 Å². The fourth-order valence-electron chi connectivity index (χ4n) is 9.52. The second-order valence-corrected chi connectivity index (χ2v) is 17.2. The third-order valence-electron chi connectivity index (χ3n) is 13.9. The third kappa shape index (κ3) is 6.20. The van der Waals surface area contributed by atoms with Crippen LogP contribution >= 0.6 is 0 Å². The topological polar surface area (TPSA) is 212 Å². The summed E-state index contributed by atoms with van der Waals surface area (Å²) in [5.41, 5.74) is 6.29. The van der Waals surface area contributed by atoms with E-state index in [-0.39, 0.29) is 22.3 Å². The summed E-state index contributed by atoms with van der Waals surface area (Å²) in [7, 11) is 0. The first-order valence-corrected chi connectivity index (χ1v) is 20.6. The number of aromatic amines is 4. The molecule has 4 aromatic heterocycles. The lowest BCUT2D eigenvalue weighted by molar-refractivity contribution is 0.0686. The van der Waals surface area contributed by atoms with Crippen LogP contribution in [0.5, 0.6) is 0 Å². The Kier molecular flexibility index (Phi) is 9.51. The van der Waals surface area contributed by atoms with Crippen LogP contribution in [-0.2, 0) is 21.7 Å². The summed E-state index contributed by atoms with van der Waals surface area (Å²) in [6, 6.07) is 43.3. The van der Waals surface area contributed by atoms with Gasteiger partial charge in [0.15, 0.2) is 0 Å². The van der Waals surface area contributed by atoms with E-state index >= 15 is 0 Å². The van der Waals surface area contributed by atoms with Gasteiger partial charge in [0.2, 0.25) is 0 Å². The number of carboxylic acid groups (broad SMARTS) is 4. The summed E-state index contributed by atoms with van der Waals surface area (Å²) in [6.07, 6.45) is 0. The van der Waals surface area contributed by atoms with Crippen molar-refractivity contribution in [2.24, 2.45) is 0 Å². The Morgan fingerprint density at radius 2 is 0.422 bits per heavy atom. The van der Waals surface area contributed by atoms with Crippen molar-refractivity contribution in [3.8, 4) is 0 Å². The molecule has 9 rings (SSSR count). The van der Waals surface area contributed by atoms with E-state index in [2.05, 4.69) is 47.6 Å². The van der Waals surface area contributed by atoms with Crippen LogP contribution in [0.3, 0.4) is 0 Å². The minimum Gasteiger partial charge on any atom is -0.478 e. The maximum atomic E-state index is 12.0. The first-order chi connectivity index (χ1) is 30.5. The second-order valence-electron chi connectivity index (χ2n) is 17.2. The fourth-order valence-corrected chi connectivity index (χ4v) is 9.52. The Bertz CT molecular complexity index is 2610. The normalized spacial score (nSPS) is 21.6. The minimum absolute atomic E-state index is 0.143. The Morgan fingerprint density at radius 1 is 0.281 bits per heavy atom. The van der Waals surface area contributed by atoms with Crippen LogP contribution in [0.25, 0.3) is 0 Å². The summed E-state index contributed by atoms with van der Waals surface area (Å²) >= 11 is 0. The highest BCUT2D eigenvalue weighted by Gasteiger charge is 2.44. The number of nitrogens with one attached hydrogen (secondary N) is 4. The number of hydrogen-bond acceptors (Lipinski definition) is 4. The zero-order chi connectivity index (χ0) is 45.3. The predicted molar refractivity (Wildman–Crippen MR) is 239 cm³/mol. The number of aromatic nitrogens is 4. The summed E-state index contributed by atoms with van der Waals surface area (Å²) < 4.78 is 0. The van der Waals surface area contributed by atoms with E-state index in [1.165, 1.54) is 0 Å². The number of hydrogen-bond donors (Lipinski definition) is 8. The van der Waals surface area contributed by atoms with Gasteiger partial charge in [-0.2, -0.15) is 0 Å². The van der Waals surface area contributed by atoms with Gasteiger partial charge in [0.25, 0.3) is 0 Å². The molecular weight excluding hydrogens is 809 g/mol. The molecule has 64 heavy (non-hydrogen) atoms. The van der Waals surface area contributed by atoms with Crippen molar-refractivity contribution < 1.29 is 39.6 Å².